The van der Waals surface area contributed by atoms with E-state index in [9.17, 15) is 4.46 Å². The minimum Gasteiger partial charge on any atom is -0.389 e. The number of hydrogen-bond acceptors (Lipinski definition) is 1. The molecule has 0 aromatic carbocycles. The van der Waals surface area contributed by atoms with Crippen LogP contribution in [-0.4, -0.2) is 8.68 Å². The van der Waals surface area contributed by atoms with Gasteiger partial charge < -0.3 is 4.46 Å². The largest absolute Gasteiger partial charge is 0.389 e. The molecule has 0 aromatic heterocycles. The first-order chi connectivity index (χ1) is 3.27. The van der Waals surface area contributed by atoms with Gasteiger partial charge in [-0.2, -0.15) is 0 Å². The summed E-state index contributed by atoms with van der Waals surface area (Å²) in [7, 11) is -1.15. The van der Waals surface area contributed by atoms with Crippen LogP contribution in [0.4, 0.5) is 0 Å². The van der Waals surface area contributed by atoms with Crippen LogP contribution in [0.2, 0.25) is 12.6 Å². The summed E-state index contributed by atoms with van der Waals surface area (Å²) >= 11 is 0. The summed E-state index contributed by atoms with van der Waals surface area (Å²) in [5.41, 5.74) is 0. The highest BCUT2D eigenvalue weighted by molar-refractivity contribution is 6.40. The maximum absolute atomic E-state index is 10.4. The average molecular weight is 116 g/mol. The van der Waals surface area contributed by atoms with Gasteiger partial charge in [0.25, 0.3) is 8.68 Å². The Hall–Kier alpha value is 0.0169. The first kappa shape index (κ1) is 7.02. The highest BCUT2D eigenvalue weighted by atomic mass is 28.3. The lowest BCUT2D eigenvalue weighted by molar-refractivity contribution is 0.561. The van der Waals surface area contributed by atoms with E-state index < -0.39 is 8.68 Å². The van der Waals surface area contributed by atoms with Gasteiger partial charge in [-0.15, -0.1) is 0 Å². The highest BCUT2D eigenvalue weighted by Crippen LogP contribution is 1.93. The summed E-state index contributed by atoms with van der Waals surface area (Å²) in [6, 6.07) is 0.946. The molecule has 0 saturated heterocycles. The van der Waals surface area contributed by atoms with Crippen LogP contribution < -0.4 is 0 Å². The average Bonchev–Trinajstić information content (AvgIpc) is 1.61. The predicted molar refractivity (Wildman–Crippen MR) is 32.0 cm³/mol. The molecule has 0 spiro atoms. The van der Waals surface area contributed by atoms with E-state index in [0.29, 0.717) is 0 Å². The van der Waals surface area contributed by atoms with E-state index in [2.05, 4.69) is 6.92 Å². The summed E-state index contributed by atoms with van der Waals surface area (Å²) in [6.07, 6.45) is 2.30. The van der Waals surface area contributed by atoms with E-state index in [0.717, 1.165) is 12.5 Å². The van der Waals surface area contributed by atoms with Crippen molar-refractivity contribution < 1.29 is 4.46 Å². The van der Waals surface area contributed by atoms with Crippen molar-refractivity contribution in [1.82, 2.24) is 0 Å². The van der Waals surface area contributed by atoms with Gasteiger partial charge in [0, 0.05) is 0 Å². The van der Waals surface area contributed by atoms with Crippen LogP contribution in [-0.2, 0) is 4.46 Å². The molecule has 0 saturated carbocycles. The second-order valence-electron chi connectivity index (χ2n) is 1.81. The Labute approximate surface area is 46.4 Å². The Morgan fingerprint density at radius 1 is 1.57 bits per heavy atom. The molecule has 0 aliphatic heterocycles. The summed E-state index contributed by atoms with van der Waals surface area (Å²) < 4.78 is 10.4. The molecule has 7 heavy (non-hydrogen) atoms. The molecule has 0 N–H and O–H groups in total. The second-order valence-corrected chi connectivity index (χ2v) is 3.71. The zero-order valence-corrected chi connectivity index (χ0v) is 6.03. The van der Waals surface area contributed by atoms with Crippen LogP contribution in [0.3, 0.4) is 0 Å². The van der Waals surface area contributed by atoms with Crippen molar-refractivity contribution in [3.05, 3.63) is 0 Å². The summed E-state index contributed by atoms with van der Waals surface area (Å²) in [4.78, 5) is 0. The Balaban J connectivity index is 2.82. The molecular weight excluding hydrogens is 104 g/mol. The van der Waals surface area contributed by atoms with Crippen LogP contribution in [0.25, 0.3) is 0 Å². The number of unbranched alkanes of at least 4 members (excludes halogenated alkanes) is 1. The topological polar surface area (TPSA) is 17.1 Å². The Kier molecular flexibility index (Phi) is 4.19. The van der Waals surface area contributed by atoms with Crippen molar-refractivity contribution >= 4 is 8.68 Å². The smallest absolute Gasteiger partial charge is 0.273 e. The van der Waals surface area contributed by atoms with Gasteiger partial charge in [0.15, 0.2) is 0 Å². The van der Waals surface area contributed by atoms with E-state index in [1.54, 1.807) is 0 Å². The standard InChI is InChI=1S/C5H12OSi/c1-3-4-5-7(2)6/h3-5H2,1-2H3. The van der Waals surface area contributed by atoms with Crippen LogP contribution >= 0.6 is 0 Å². The van der Waals surface area contributed by atoms with Gasteiger partial charge in [-0.3, -0.25) is 0 Å². The first-order valence-corrected chi connectivity index (χ1v) is 4.88. The van der Waals surface area contributed by atoms with Crippen molar-refractivity contribution in [3.8, 4) is 0 Å². The Morgan fingerprint density at radius 2 is 2.14 bits per heavy atom. The van der Waals surface area contributed by atoms with Gasteiger partial charge in [-0.1, -0.05) is 19.8 Å². The second kappa shape index (κ2) is 4.18. The summed E-state index contributed by atoms with van der Waals surface area (Å²) in [5.74, 6) is 0. The fraction of sp³-hybridized carbons (Fsp3) is 1.00. The van der Waals surface area contributed by atoms with E-state index in [1.807, 2.05) is 6.55 Å². The quantitative estimate of drug-likeness (QED) is 0.514. The van der Waals surface area contributed by atoms with Crippen molar-refractivity contribution in [3.63, 3.8) is 0 Å². The first-order valence-electron chi connectivity index (χ1n) is 2.76. The van der Waals surface area contributed by atoms with Crippen LogP contribution in [0.1, 0.15) is 19.8 Å². The van der Waals surface area contributed by atoms with Crippen molar-refractivity contribution in [2.75, 3.05) is 0 Å². The fourth-order valence-corrected chi connectivity index (χ4v) is 1.28. The van der Waals surface area contributed by atoms with Gasteiger partial charge in [-0.05, 0) is 12.6 Å². The van der Waals surface area contributed by atoms with E-state index in [1.165, 1.54) is 6.42 Å². The van der Waals surface area contributed by atoms with Crippen molar-refractivity contribution in [2.24, 2.45) is 0 Å². The normalized spacial score (nSPS) is 8.86. The maximum Gasteiger partial charge on any atom is 0.273 e. The third-order valence-electron chi connectivity index (χ3n) is 0.882. The van der Waals surface area contributed by atoms with Gasteiger partial charge in [0.1, 0.15) is 0 Å². The molecule has 0 rings (SSSR count). The fourth-order valence-electron chi connectivity index (χ4n) is 0.426. The molecule has 0 aliphatic rings. The van der Waals surface area contributed by atoms with E-state index in [4.69, 9.17) is 0 Å². The molecule has 0 amide bonds. The monoisotopic (exact) mass is 116 g/mol. The van der Waals surface area contributed by atoms with Crippen molar-refractivity contribution in [2.45, 2.75) is 32.4 Å². The van der Waals surface area contributed by atoms with Crippen molar-refractivity contribution in [1.29, 1.82) is 0 Å². The number of hydrogen-bond donors (Lipinski definition) is 0. The minimum absolute atomic E-state index is 0.946. The van der Waals surface area contributed by atoms with Crippen LogP contribution in [0.15, 0.2) is 0 Å². The van der Waals surface area contributed by atoms with Gasteiger partial charge in [0.05, 0.1) is 0 Å². The van der Waals surface area contributed by atoms with Crippen LogP contribution in [0, 0.1) is 0 Å². The maximum atomic E-state index is 10.4. The van der Waals surface area contributed by atoms with Gasteiger partial charge in [-0.25, -0.2) is 0 Å². The lowest BCUT2D eigenvalue weighted by Gasteiger charge is -1.84. The molecule has 0 fully saturated rings. The van der Waals surface area contributed by atoms with E-state index >= 15 is 0 Å². The minimum atomic E-state index is -1.15. The molecule has 42 valence electrons. The molecule has 0 atom stereocenters. The van der Waals surface area contributed by atoms with Gasteiger partial charge in [0.2, 0.25) is 0 Å². The lowest BCUT2D eigenvalue weighted by Crippen LogP contribution is -1.88. The summed E-state index contributed by atoms with van der Waals surface area (Å²) in [5, 5.41) is 0. The SMILES string of the molecule is CCCC[Si](C)=O. The Morgan fingerprint density at radius 3 is 2.29 bits per heavy atom. The molecule has 2 heteroatoms. The molecule has 0 unspecified atom stereocenters. The Bertz CT molecular complexity index is 61.1. The lowest BCUT2D eigenvalue weighted by atomic mass is 10.4. The number of rotatable bonds is 3. The molecule has 0 radical (unpaired) electrons. The molecule has 0 aromatic rings. The third-order valence-corrected chi connectivity index (χ3v) is 1.94. The van der Waals surface area contributed by atoms with Crippen LogP contribution in [0.5, 0.6) is 0 Å². The van der Waals surface area contributed by atoms with E-state index in [-0.39, 0.29) is 0 Å². The molecule has 0 bridgehead atoms. The third kappa shape index (κ3) is 6.02. The predicted octanol–water partition coefficient (Wildman–Crippen LogP) is 1.84. The summed E-state index contributed by atoms with van der Waals surface area (Å²) in [6.45, 7) is 3.94. The molecule has 1 nitrogen and oxygen atoms in total. The van der Waals surface area contributed by atoms with Gasteiger partial charge >= 0.3 is 0 Å². The molecular formula is C5H12OSi. The zero-order valence-electron chi connectivity index (χ0n) is 5.03. The molecule has 0 heterocycles. The highest BCUT2D eigenvalue weighted by Gasteiger charge is 1.91. The molecule has 0 aliphatic carbocycles. The zero-order chi connectivity index (χ0) is 5.70.